The molecule has 0 unspecified atom stereocenters. The third kappa shape index (κ3) is 3.68. The zero-order chi connectivity index (χ0) is 15.3. The number of nitriles is 1. The molecule has 0 bridgehead atoms. The fourth-order valence-electron chi connectivity index (χ4n) is 1.68. The van der Waals surface area contributed by atoms with Gasteiger partial charge in [0.25, 0.3) is 10.0 Å². The molecule has 0 fully saturated rings. The Balaban J connectivity index is 2.33. The van der Waals surface area contributed by atoms with Crippen molar-refractivity contribution in [1.29, 1.82) is 5.26 Å². The number of rotatable bonds is 5. The number of anilines is 1. The van der Waals surface area contributed by atoms with E-state index in [0.29, 0.717) is 16.3 Å². The van der Waals surface area contributed by atoms with E-state index in [1.807, 2.05) is 5.40 Å². The van der Waals surface area contributed by atoms with E-state index in [1.165, 1.54) is 19.2 Å². The number of thiocyanates is 1. The molecule has 7 heteroatoms. The normalized spacial score (nSPS) is 10.7. The van der Waals surface area contributed by atoms with Crippen LogP contribution in [0.4, 0.5) is 5.69 Å². The number of hydrogen-bond acceptors (Lipinski definition) is 5. The minimum Gasteiger partial charge on any atom is -0.495 e. The highest BCUT2D eigenvalue weighted by molar-refractivity contribution is 8.03. The minimum absolute atomic E-state index is 0.169. The van der Waals surface area contributed by atoms with Crippen LogP contribution in [0, 0.1) is 10.7 Å². The first-order valence-electron chi connectivity index (χ1n) is 5.88. The van der Waals surface area contributed by atoms with E-state index < -0.39 is 10.0 Å². The van der Waals surface area contributed by atoms with Gasteiger partial charge < -0.3 is 4.74 Å². The Kier molecular flexibility index (Phi) is 4.73. The SMILES string of the molecule is COc1cc(SC#N)ccc1NS(=O)(=O)c1ccccc1. The Morgan fingerprint density at radius 1 is 1.19 bits per heavy atom. The summed E-state index contributed by atoms with van der Waals surface area (Å²) < 4.78 is 32.2. The number of benzene rings is 2. The maximum Gasteiger partial charge on any atom is 0.262 e. The van der Waals surface area contributed by atoms with E-state index in [2.05, 4.69) is 4.72 Å². The lowest BCUT2D eigenvalue weighted by Crippen LogP contribution is -2.13. The Bertz CT molecular complexity index is 769. The van der Waals surface area contributed by atoms with Crippen LogP contribution in [0.2, 0.25) is 0 Å². The van der Waals surface area contributed by atoms with Crippen LogP contribution in [-0.4, -0.2) is 15.5 Å². The van der Waals surface area contributed by atoms with E-state index in [-0.39, 0.29) is 4.90 Å². The minimum atomic E-state index is -3.67. The summed E-state index contributed by atoms with van der Waals surface area (Å²) in [5, 5.41) is 10.6. The lowest BCUT2D eigenvalue weighted by atomic mass is 10.3. The van der Waals surface area contributed by atoms with Crippen molar-refractivity contribution >= 4 is 27.5 Å². The molecule has 2 aromatic rings. The number of nitrogens with zero attached hydrogens (tertiary/aromatic N) is 1. The van der Waals surface area contributed by atoms with E-state index in [0.717, 1.165) is 11.8 Å². The molecule has 0 saturated carbocycles. The van der Waals surface area contributed by atoms with Crippen molar-refractivity contribution in [2.45, 2.75) is 9.79 Å². The number of methoxy groups -OCH3 is 1. The van der Waals surface area contributed by atoms with Gasteiger partial charge in [0.05, 0.1) is 17.7 Å². The fourth-order valence-corrected chi connectivity index (χ4v) is 3.17. The standard InChI is InChI=1S/C14H12N2O3S2/c1-19-14-9-11(20-10-15)7-8-13(14)16-21(17,18)12-5-3-2-4-6-12/h2-9,16H,1H3. The highest BCUT2D eigenvalue weighted by atomic mass is 32.2. The average Bonchev–Trinajstić information content (AvgIpc) is 2.50. The predicted molar refractivity (Wildman–Crippen MR) is 81.7 cm³/mol. The van der Waals surface area contributed by atoms with Crippen molar-refractivity contribution in [3.8, 4) is 11.2 Å². The molecule has 2 aromatic carbocycles. The Labute approximate surface area is 127 Å². The first kappa shape index (κ1) is 15.2. The van der Waals surface area contributed by atoms with Gasteiger partial charge in [0, 0.05) is 4.90 Å². The maximum atomic E-state index is 12.3. The monoisotopic (exact) mass is 320 g/mol. The molecule has 0 amide bonds. The molecule has 0 atom stereocenters. The molecule has 5 nitrogen and oxygen atoms in total. The van der Waals surface area contributed by atoms with E-state index >= 15 is 0 Å². The Morgan fingerprint density at radius 3 is 2.52 bits per heavy atom. The third-order valence-electron chi connectivity index (χ3n) is 2.63. The van der Waals surface area contributed by atoms with Gasteiger partial charge in [-0.2, -0.15) is 5.26 Å². The van der Waals surface area contributed by atoms with Gasteiger partial charge in [-0.3, -0.25) is 4.72 Å². The van der Waals surface area contributed by atoms with Crippen LogP contribution in [0.25, 0.3) is 0 Å². The summed E-state index contributed by atoms with van der Waals surface area (Å²) >= 11 is 0.976. The maximum absolute atomic E-state index is 12.3. The van der Waals surface area contributed by atoms with Gasteiger partial charge in [0.15, 0.2) is 0 Å². The van der Waals surface area contributed by atoms with Crippen LogP contribution < -0.4 is 9.46 Å². The second-order valence-corrected chi connectivity index (χ2v) is 6.51. The predicted octanol–water partition coefficient (Wildman–Crippen LogP) is 3.07. The molecule has 0 aliphatic carbocycles. The number of thioether (sulfide) groups is 1. The van der Waals surface area contributed by atoms with Crippen molar-refractivity contribution in [3.05, 3.63) is 48.5 Å². The van der Waals surface area contributed by atoms with Gasteiger partial charge in [-0.25, -0.2) is 8.42 Å². The van der Waals surface area contributed by atoms with Gasteiger partial charge in [0.2, 0.25) is 0 Å². The molecule has 2 rings (SSSR count). The van der Waals surface area contributed by atoms with Crippen molar-refractivity contribution < 1.29 is 13.2 Å². The largest absolute Gasteiger partial charge is 0.495 e. The quantitative estimate of drug-likeness (QED) is 0.676. The van der Waals surface area contributed by atoms with Crippen molar-refractivity contribution in [1.82, 2.24) is 0 Å². The molecule has 0 saturated heterocycles. The summed E-state index contributed by atoms with van der Waals surface area (Å²) in [5.41, 5.74) is 0.323. The highest BCUT2D eigenvalue weighted by Gasteiger charge is 2.16. The smallest absolute Gasteiger partial charge is 0.262 e. The van der Waals surface area contributed by atoms with E-state index in [4.69, 9.17) is 10.00 Å². The Morgan fingerprint density at radius 2 is 1.90 bits per heavy atom. The summed E-state index contributed by atoms with van der Waals surface area (Å²) in [6, 6.07) is 12.9. The van der Waals surface area contributed by atoms with Gasteiger partial charge in [-0.1, -0.05) is 18.2 Å². The molecule has 0 aliphatic rings. The second kappa shape index (κ2) is 6.52. The molecule has 0 aliphatic heterocycles. The van der Waals surface area contributed by atoms with Crippen LogP contribution >= 0.6 is 11.8 Å². The molecule has 0 radical (unpaired) electrons. The molecule has 0 spiro atoms. The zero-order valence-corrected chi connectivity index (χ0v) is 12.7. The van der Waals surface area contributed by atoms with Crippen LogP contribution in [0.5, 0.6) is 5.75 Å². The second-order valence-electron chi connectivity index (χ2n) is 3.97. The van der Waals surface area contributed by atoms with Gasteiger partial charge in [0.1, 0.15) is 11.2 Å². The van der Waals surface area contributed by atoms with Crippen LogP contribution in [0.1, 0.15) is 0 Å². The third-order valence-corrected chi connectivity index (χ3v) is 4.60. The van der Waals surface area contributed by atoms with Gasteiger partial charge in [-0.05, 0) is 42.1 Å². The van der Waals surface area contributed by atoms with Crippen molar-refractivity contribution in [3.63, 3.8) is 0 Å². The summed E-state index contributed by atoms with van der Waals surface area (Å²) in [5.74, 6) is 0.356. The first-order valence-corrected chi connectivity index (χ1v) is 8.18. The first-order chi connectivity index (χ1) is 10.1. The number of sulfonamides is 1. The topological polar surface area (TPSA) is 79.2 Å². The Hall–Kier alpha value is -2.17. The fraction of sp³-hybridized carbons (Fsp3) is 0.0714. The summed E-state index contributed by atoms with van der Waals surface area (Å²) in [6.45, 7) is 0. The van der Waals surface area contributed by atoms with Gasteiger partial charge in [-0.15, -0.1) is 0 Å². The molecule has 108 valence electrons. The molecule has 21 heavy (non-hydrogen) atoms. The highest BCUT2D eigenvalue weighted by Crippen LogP contribution is 2.31. The summed E-state index contributed by atoms with van der Waals surface area (Å²) in [4.78, 5) is 0.847. The van der Waals surface area contributed by atoms with Crippen LogP contribution in [-0.2, 0) is 10.0 Å². The molecule has 0 aromatic heterocycles. The van der Waals surface area contributed by atoms with Crippen molar-refractivity contribution in [2.75, 3.05) is 11.8 Å². The molecule has 1 N–H and O–H groups in total. The summed E-state index contributed by atoms with van der Waals surface area (Å²) in [7, 11) is -2.23. The molecule has 0 heterocycles. The molecular formula is C14H12N2O3S2. The van der Waals surface area contributed by atoms with E-state index in [9.17, 15) is 8.42 Å². The van der Waals surface area contributed by atoms with E-state index in [1.54, 1.807) is 36.4 Å². The number of ether oxygens (including phenoxy) is 1. The lowest BCUT2D eigenvalue weighted by Gasteiger charge is -2.12. The zero-order valence-electron chi connectivity index (χ0n) is 11.1. The van der Waals surface area contributed by atoms with Crippen LogP contribution in [0.3, 0.4) is 0 Å². The average molecular weight is 320 g/mol. The number of hydrogen-bond donors (Lipinski definition) is 1. The van der Waals surface area contributed by atoms with Crippen LogP contribution in [0.15, 0.2) is 58.3 Å². The van der Waals surface area contributed by atoms with Crippen molar-refractivity contribution in [2.24, 2.45) is 0 Å². The van der Waals surface area contributed by atoms with Gasteiger partial charge >= 0.3 is 0 Å². The number of nitrogens with one attached hydrogen (secondary N) is 1. The molecular weight excluding hydrogens is 308 g/mol. The lowest BCUT2D eigenvalue weighted by molar-refractivity contribution is 0.416. The summed E-state index contributed by atoms with van der Waals surface area (Å²) in [6.07, 6.45) is 0.